The summed E-state index contributed by atoms with van der Waals surface area (Å²) in [5, 5.41) is 3.54. The van der Waals surface area contributed by atoms with Crippen molar-refractivity contribution < 1.29 is 4.74 Å². The molecule has 4 nitrogen and oxygen atoms in total. The van der Waals surface area contributed by atoms with Crippen LogP contribution in [0.3, 0.4) is 0 Å². The summed E-state index contributed by atoms with van der Waals surface area (Å²) in [5.74, 6) is 1.68. The van der Waals surface area contributed by atoms with Crippen LogP contribution in [0.4, 0.5) is 5.82 Å². The summed E-state index contributed by atoms with van der Waals surface area (Å²) in [4.78, 5) is 6.87. The molecule has 2 heterocycles. The predicted molar refractivity (Wildman–Crippen MR) is 74.3 cm³/mol. The largest absolute Gasteiger partial charge is 0.481 e. The highest BCUT2D eigenvalue weighted by Crippen LogP contribution is 2.19. The number of ether oxygens (including phenoxy) is 1. The Kier molecular flexibility index (Phi) is 4.42. The molecule has 0 aromatic carbocycles. The molecule has 1 atom stereocenters. The van der Waals surface area contributed by atoms with Crippen LogP contribution in [0, 0.1) is 0 Å². The summed E-state index contributed by atoms with van der Waals surface area (Å²) in [6, 6.07) is 6.96. The Bertz CT molecular complexity index is 375. The summed E-state index contributed by atoms with van der Waals surface area (Å²) < 4.78 is 5.20. The Morgan fingerprint density at radius 2 is 2.33 bits per heavy atom. The highest BCUT2D eigenvalue weighted by atomic mass is 16.5. The number of nitrogens with zero attached hydrogens (tertiary/aromatic N) is 2. The van der Waals surface area contributed by atoms with Crippen molar-refractivity contribution in [2.75, 3.05) is 25.1 Å². The highest BCUT2D eigenvalue weighted by Gasteiger charge is 2.20. The molecule has 0 bridgehead atoms. The van der Waals surface area contributed by atoms with E-state index in [4.69, 9.17) is 4.74 Å². The Balaban J connectivity index is 2.12. The molecule has 1 N–H and O–H groups in total. The fourth-order valence-corrected chi connectivity index (χ4v) is 2.40. The monoisotopic (exact) mass is 249 g/mol. The fourth-order valence-electron chi connectivity index (χ4n) is 2.40. The van der Waals surface area contributed by atoms with Crippen molar-refractivity contribution in [3.63, 3.8) is 0 Å². The van der Waals surface area contributed by atoms with Crippen LogP contribution in [-0.2, 0) is 0 Å². The van der Waals surface area contributed by atoms with Crippen molar-refractivity contribution in [2.24, 2.45) is 0 Å². The van der Waals surface area contributed by atoms with Gasteiger partial charge in [-0.2, -0.15) is 4.98 Å². The molecular formula is C14H23N3O. The Labute approximate surface area is 109 Å². The van der Waals surface area contributed by atoms with E-state index < -0.39 is 0 Å². The summed E-state index contributed by atoms with van der Waals surface area (Å²) in [6.07, 6.45) is 2.54. The van der Waals surface area contributed by atoms with Crippen LogP contribution >= 0.6 is 0 Å². The quantitative estimate of drug-likeness (QED) is 0.866. The fraction of sp³-hybridized carbons (Fsp3) is 0.643. The number of anilines is 1. The first-order valence-electron chi connectivity index (χ1n) is 6.72. The molecule has 1 saturated heterocycles. The standard InChI is InChI=1S/C14H23N3O/c1-11(2)17(10-12-6-5-9-15-12)13-7-4-8-14(16-13)18-3/h4,7-8,11-12,15H,5-6,9-10H2,1-3H3. The maximum absolute atomic E-state index is 5.20. The topological polar surface area (TPSA) is 37.4 Å². The average Bonchev–Trinajstić information content (AvgIpc) is 2.88. The molecule has 1 aromatic rings. The molecule has 1 fully saturated rings. The summed E-state index contributed by atoms with van der Waals surface area (Å²) in [5.41, 5.74) is 0. The van der Waals surface area contributed by atoms with E-state index in [2.05, 4.69) is 35.1 Å². The third kappa shape index (κ3) is 3.13. The Hall–Kier alpha value is -1.29. The van der Waals surface area contributed by atoms with E-state index in [1.165, 1.54) is 12.8 Å². The minimum atomic E-state index is 0.437. The molecule has 4 heteroatoms. The van der Waals surface area contributed by atoms with Gasteiger partial charge in [-0.1, -0.05) is 6.07 Å². The number of hydrogen-bond donors (Lipinski definition) is 1. The predicted octanol–water partition coefficient (Wildman–Crippen LogP) is 2.06. The number of nitrogens with one attached hydrogen (secondary N) is 1. The average molecular weight is 249 g/mol. The molecule has 0 amide bonds. The third-order valence-electron chi connectivity index (χ3n) is 3.42. The van der Waals surface area contributed by atoms with Crippen LogP contribution in [0.25, 0.3) is 0 Å². The highest BCUT2D eigenvalue weighted by molar-refractivity contribution is 5.41. The lowest BCUT2D eigenvalue weighted by molar-refractivity contribution is 0.397. The van der Waals surface area contributed by atoms with Gasteiger partial charge >= 0.3 is 0 Å². The van der Waals surface area contributed by atoms with Gasteiger partial charge in [0.25, 0.3) is 0 Å². The normalized spacial score (nSPS) is 19.2. The zero-order chi connectivity index (χ0) is 13.0. The van der Waals surface area contributed by atoms with Crippen LogP contribution in [0.2, 0.25) is 0 Å². The maximum Gasteiger partial charge on any atom is 0.214 e. The third-order valence-corrected chi connectivity index (χ3v) is 3.42. The van der Waals surface area contributed by atoms with Crippen molar-refractivity contribution in [1.29, 1.82) is 0 Å². The second kappa shape index (κ2) is 6.05. The molecule has 1 aliphatic heterocycles. The van der Waals surface area contributed by atoms with Crippen molar-refractivity contribution in [1.82, 2.24) is 10.3 Å². The lowest BCUT2D eigenvalue weighted by atomic mass is 10.2. The molecule has 0 radical (unpaired) electrons. The van der Waals surface area contributed by atoms with Crippen molar-refractivity contribution in [3.8, 4) is 5.88 Å². The van der Waals surface area contributed by atoms with Crippen molar-refractivity contribution in [3.05, 3.63) is 18.2 Å². The zero-order valence-electron chi connectivity index (χ0n) is 11.5. The molecule has 100 valence electrons. The second-order valence-electron chi connectivity index (χ2n) is 5.08. The first-order chi connectivity index (χ1) is 8.70. The van der Waals surface area contributed by atoms with E-state index in [-0.39, 0.29) is 0 Å². The number of rotatable bonds is 5. The van der Waals surface area contributed by atoms with Gasteiger partial charge < -0.3 is 15.0 Å². The summed E-state index contributed by atoms with van der Waals surface area (Å²) >= 11 is 0. The van der Waals surface area contributed by atoms with E-state index in [1.54, 1.807) is 7.11 Å². The van der Waals surface area contributed by atoms with Gasteiger partial charge in [0.1, 0.15) is 5.82 Å². The van der Waals surface area contributed by atoms with E-state index in [0.29, 0.717) is 18.0 Å². The minimum absolute atomic E-state index is 0.437. The molecule has 1 aromatic heterocycles. The summed E-state index contributed by atoms with van der Waals surface area (Å²) in [7, 11) is 1.66. The molecule has 2 rings (SSSR count). The van der Waals surface area contributed by atoms with Crippen LogP contribution in [-0.4, -0.2) is 37.3 Å². The lowest BCUT2D eigenvalue weighted by Crippen LogP contribution is -2.41. The van der Waals surface area contributed by atoms with Gasteiger partial charge in [0.05, 0.1) is 7.11 Å². The smallest absolute Gasteiger partial charge is 0.214 e. The number of methoxy groups -OCH3 is 1. The van der Waals surface area contributed by atoms with Crippen LogP contribution in [0.1, 0.15) is 26.7 Å². The first kappa shape index (κ1) is 13.1. The van der Waals surface area contributed by atoms with Gasteiger partial charge in [0.2, 0.25) is 5.88 Å². The van der Waals surface area contributed by atoms with Crippen LogP contribution < -0.4 is 15.0 Å². The number of pyridine rings is 1. The van der Waals surface area contributed by atoms with E-state index in [9.17, 15) is 0 Å². The van der Waals surface area contributed by atoms with E-state index >= 15 is 0 Å². The molecular weight excluding hydrogens is 226 g/mol. The minimum Gasteiger partial charge on any atom is -0.481 e. The van der Waals surface area contributed by atoms with E-state index in [0.717, 1.165) is 18.9 Å². The summed E-state index contributed by atoms with van der Waals surface area (Å²) in [6.45, 7) is 6.56. The van der Waals surface area contributed by atoms with Gasteiger partial charge in [0.15, 0.2) is 0 Å². The van der Waals surface area contributed by atoms with Crippen molar-refractivity contribution in [2.45, 2.75) is 38.8 Å². The SMILES string of the molecule is COc1cccc(N(CC2CCCN2)C(C)C)n1. The molecule has 0 saturated carbocycles. The zero-order valence-corrected chi connectivity index (χ0v) is 11.5. The molecule has 18 heavy (non-hydrogen) atoms. The van der Waals surface area contributed by atoms with E-state index in [1.807, 2.05) is 12.1 Å². The van der Waals surface area contributed by atoms with Gasteiger partial charge in [-0.15, -0.1) is 0 Å². The van der Waals surface area contributed by atoms with Crippen LogP contribution in [0.5, 0.6) is 5.88 Å². The van der Waals surface area contributed by atoms with Crippen LogP contribution in [0.15, 0.2) is 18.2 Å². The Morgan fingerprint density at radius 3 is 2.94 bits per heavy atom. The second-order valence-corrected chi connectivity index (χ2v) is 5.08. The van der Waals surface area contributed by atoms with Crippen molar-refractivity contribution >= 4 is 5.82 Å². The molecule has 1 aliphatic rings. The number of aromatic nitrogens is 1. The van der Waals surface area contributed by atoms with Gasteiger partial charge in [-0.25, -0.2) is 0 Å². The van der Waals surface area contributed by atoms with Gasteiger partial charge in [0, 0.05) is 24.7 Å². The lowest BCUT2D eigenvalue weighted by Gasteiger charge is -2.30. The Morgan fingerprint density at radius 1 is 1.50 bits per heavy atom. The van der Waals surface area contributed by atoms with Gasteiger partial charge in [-0.3, -0.25) is 0 Å². The van der Waals surface area contributed by atoms with Gasteiger partial charge in [-0.05, 0) is 39.3 Å². The molecule has 0 aliphatic carbocycles. The maximum atomic E-state index is 5.20. The molecule has 1 unspecified atom stereocenters. The molecule has 0 spiro atoms. The first-order valence-corrected chi connectivity index (χ1v) is 6.72. The number of hydrogen-bond acceptors (Lipinski definition) is 4.